The summed E-state index contributed by atoms with van der Waals surface area (Å²) in [4.78, 5) is 0. The van der Waals surface area contributed by atoms with Gasteiger partial charge in [0.1, 0.15) is 0 Å². The van der Waals surface area contributed by atoms with E-state index in [1.807, 2.05) is 18.2 Å². The first-order valence-corrected chi connectivity index (χ1v) is 6.41. The molecule has 2 heteroatoms. The van der Waals surface area contributed by atoms with E-state index in [4.69, 9.17) is 4.74 Å². The number of rotatable bonds is 7. The Morgan fingerprint density at radius 1 is 1.13 bits per heavy atom. The average Bonchev–Trinajstić information content (AvgIpc) is 2.29. The average molecular weight is 269 g/mol. The molecule has 0 aliphatic heterocycles. The Bertz CT molecular complexity index is 269. The molecule has 0 aliphatic carbocycles. The summed E-state index contributed by atoms with van der Waals surface area (Å²) in [5, 5.41) is 1.07. The summed E-state index contributed by atoms with van der Waals surface area (Å²) < 4.78 is 5.45. The van der Waals surface area contributed by atoms with E-state index in [9.17, 15) is 0 Å². The van der Waals surface area contributed by atoms with Crippen LogP contribution in [0.25, 0.3) is 6.08 Å². The predicted octanol–water partition coefficient (Wildman–Crippen LogP) is 3.89. The van der Waals surface area contributed by atoms with Crippen LogP contribution in [0.15, 0.2) is 36.4 Å². The smallest absolute Gasteiger partial charge is 0.0650 e. The second kappa shape index (κ2) is 8.69. The summed E-state index contributed by atoms with van der Waals surface area (Å²) in [6.07, 6.45) is 6.46. The van der Waals surface area contributed by atoms with Gasteiger partial charge >= 0.3 is 0 Å². The van der Waals surface area contributed by atoms with Crippen molar-refractivity contribution >= 4 is 22.0 Å². The third kappa shape index (κ3) is 6.47. The Labute approximate surface area is 100 Å². The fourth-order valence-corrected chi connectivity index (χ4v) is 1.59. The molecular formula is C13H17BrO. The lowest BCUT2D eigenvalue weighted by Gasteiger charge is -1.98. The molecule has 0 aromatic heterocycles. The molecule has 1 aromatic carbocycles. The van der Waals surface area contributed by atoms with Crippen LogP contribution in [0.2, 0.25) is 0 Å². The Balaban J connectivity index is 2.07. The highest BCUT2D eigenvalue weighted by Crippen LogP contribution is 2.00. The highest BCUT2D eigenvalue weighted by molar-refractivity contribution is 9.09. The number of unbranched alkanes of at least 4 members (excludes halogenated alkanes) is 1. The number of alkyl halides is 1. The third-order valence-electron chi connectivity index (χ3n) is 2.00. The second-order valence-corrected chi connectivity index (χ2v) is 4.08. The van der Waals surface area contributed by atoms with Gasteiger partial charge in [-0.1, -0.05) is 58.4 Å². The zero-order chi connectivity index (χ0) is 10.8. The van der Waals surface area contributed by atoms with E-state index in [1.165, 1.54) is 12.0 Å². The maximum atomic E-state index is 5.45. The predicted molar refractivity (Wildman–Crippen MR) is 69.3 cm³/mol. The lowest BCUT2D eigenvalue weighted by molar-refractivity contribution is 0.159. The van der Waals surface area contributed by atoms with Crippen molar-refractivity contribution in [2.75, 3.05) is 18.5 Å². The molecule has 0 N–H and O–H groups in total. The molecule has 1 aromatic rings. The third-order valence-corrected chi connectivity index (χ3v) is 2.56. The highest BCUT2D eigenvalue weighted by Gasteiger charge is 1.86. The quantitative estimate of drug-likeness (QED) is 0.539. The molecule has 0 aliphatic rings. The van der Waals surface area contributed by atoms with Crippen molar-refractivity contribution in [3.8, 4) is 0 Å². The summed E-state index contributed by atoms with van der Waals surface area (Å²) >= 11 is 3.39. The molecule has 82 valence electrons. The minimum absolute atomic E-state index is 0.706. The van der Waals surface area contributed by atoms with Crippen LogP contribution in [0, 0.1) is 0 Å². The number of ether oxygens (including phenoxy) is 1. The molecule has 0 fully saturated rings. The molecule has 0 radical (unpaired) electrons. The maximum Gasteiger partial charge on any atom is 0.0650 e. The number of benzene rings is 1. The molecule has 0 spiro atoms. The monoisotopic (exact) mass is 268 g/mol. The number of hydrogen-bond donors (Lipinski definition) is 0. The van der Waals surface area contributed by atoms with E-state index in [2.05, 4.69) is 40.2 Å². The van der Waals surface area contributed by atoms with Gasteiger partial charge in [0.05, 0.1) is 6.61 Å². The number of halogens is 1. The first-order chi connectivity index (χ1) is 7.43. The largest absolute Gasteiger partial charge is 0.377 e. The van der Waals surface area contributed by atoms with Gasteiger partial charge < -0.3 is 4.74 Å². The van der Waals surface area contributed by atoms with Crippen LogP contribution >= 0.6 is 15.9 Å². The molecule has 0 atom stereocenters. The summed E-state index contributed by atoms with van der Waals surface area (Å²) in [5.41, 5.74) is 1.22. The van der Waals surface area contributed by atoms with Crippen LogP contribution in [0.1, 0.15) is 18.4 Å². The molecule has 0 heterocycles. The molecule has 0 bridgehead atoms. The molecule has 0 amide bonds. The van der Waals surface area contributed by atoms with Crippen LogP contribution in [0.5, 0.6) is 0 Å². The Hall–Kier alpha value is -0.600. The van der Waals surface area contributed by atoms with Gasteiger partial charge in [0.25, 0.3) is 0 Å². The van der Waals surface area contributed by atoms with Crippen LogP contribution in [0.4, 0.5) is 0 Å². The van der Waals surface area contributed by atoms with Gasteiger partial charge in [0.15, 0.2) is 0 Å². The minimum Gasteiger partial charge on any atom is -0.377 e. The molecule has 1 rings (SSSR count). The maximum absolute atomic E-state index is 5.45. The lowest BCUT2D eigenvalue weighted by atomic mass is 10.2. The van der Waals surface area contributed by atoms with Crippen LogP contribution < -0.4 is 0 Å². The minimum atomic E-state index is 0.706. The van der Waals surface area contributed by atoms with Crippen molar-refractivity contribution in [2.45, 2.75) is 12.8 Å². The summed E-state index contributed by atoms with van der Waals surface area (Å²) in [6, 6.07) is 10.3. The zero-order valence-corrected chi connectivity index (χ0v) is 10.4. The summed E-state index contributed by atoms with van der Waals surface area (Å²) in [5.74, 6) is 0. The Morgan fingerprint density at radius 2 is 1.93 bits per heavy atom. The normalized spacial score (nSPS) is 11.0. The van der Waals surface area contributed by atoms with Crippen LogP contribution in [0.3, 0.4) is 0 Å². The van der Waals surface area contributed by atoms with E-state index in [0.717, 1.165) is 18.4 Å². The Morgan fingerprint density at radius 3 is 2.67 bits per heavy atom. The van der Waals surface area contributed by atoms with Gasteiger partial charge in [0.2, 0.25) is 0 Å². The Kier molecular flexibility index (Phi) is 7.22. The van der Waals surface area contributed by atoms with Gasteiger partial charge in [-0.05, 0) is 18.4 Å². The number of hydrogen-bond acceptors (Lipinski definition) is 1. The standard InChI is InChI=1S/C13H17BrO/c14-10-4-5-11-15-12-6-9-13-7-2-1-3-8-13/h1-3,6-9H,4-5,10-12H2. The SMILES string of the molecule is BrCCCCOCC=Cc1ccccc1. The lowest BCUT2D eigenvalue weighted by Crippen LogP contribution is -1.94. The molecule has 0 saturated carbocycles. The summed E-state index contributed by atoms with van der Waals surface area (Å²) in [7, 11) is 0. The van der Waals surface area contributed by atoms with Crippen LogP contribution in [-0.4, -0.2) is 18.5 Å². The molecule has 1 nitrogen and oxygen atoms in total. The summed E-state index contributed by atoms with van der Waals surface area (Å²) in [6.45, 7) is 1.56. The van der Waals surface area contributed by atoms with Gasteiger partial charge in [-0.2, -0.15) is 0 Å². The van der Waals surface area contributed by atoms with E-state index in [1.54, 1.807) is 0 Å². The highest BCUT2D eigenvalue weighted by atomic mass is 79.9. The van der Waals surface area contributed by atoms with Crippen LogP contribution in [-0.2, 0) is 4.74 Å². The zero-order valence-electron chi connectivity index (χ0n) is 8.86. The molecule has 0 saturated heterocycles. The first-order valence-electron chi connectivity index (χ1n) is 5.29. The van der Waals surface area contributed by atoms with E-state index >= 15 is 0 Å². The van der Waals surface area contributed by atoms with Gasteiger partial charge in [-0.15, -0.1) is 0 Å². The van der Waals surface area contributed by atoms with Crippen molar-refractivity contribution < 1.29 is 4.74 Å². The van der Waals surface area contributed by atoms with Gasteiger partial charge in [0, 0.05) is 11.9 Å². The fraction of sp³-hybridized carbons (Fsp3) is 0.385. The first kappa shape index (κ1) is 12.5. The fourth-order valence-electron chi connectivity index (χ4n) is 1.20. The van der Waals surface area contributed by atoms with E-state index < -0.39 is 0 Å². The topological polar surface area (TPSA) is 9.23 Å². The molecular weight excluding hydrogens is 252 g/mol. The van der Waals surface area contributed by atoms with Crippen molar-refractivity contribution in [1.82, 2.24) is 0 Å². The molecule has 15 heavy (non-hydrogen) atoms. The molecule has 0 unspecified atom stereocenters. The van der Waals surface area contributed by atoms with Gasteiger partial charge in [-0.25, -0.2) is 0 Å². The van der Waals surface area contributed by atoms with Crippen molar-refractivity contribution in [3.63, 3.8) is 0 Å². The van der Waals surface area contributed by atoms with Crippen molar-refractivity contribution in [1.29, 1.82) is 0 Å². The van der Waals surface area contributed by atoms with Crippen molar-refractivity contribution in [2.24, 2.45) is 0 Å². The van der Waals surface area contributed by atoms with E-state index in [-0.39, 0.29) is 0 Å². The van der Waals surface area contributed by atoms with Gasteiger partial charge in [-0.3, -0.25) is 0 Å². The van der Waals surface area contributed by atoms with E-state index in [0.29, 0.717) is 6.61 Å². The second-order valence-electron chi connectivity index (χ2n) is 3.28. The van der Waals surface area contributed by atoms with Crippen molar-refractivity contribution in [3.05, 3.63) is 42.0 Å².